The minimum Gasteiger partial charge on any atom is -0.359 e. The topological polar surface area (TPSA) is 48.8 Å². The van der Waals surface area contributed by atoms with E-state index in [0.717, 1.165) is 25.6 Å². The SMILES string of the molecule is C1=NC2CNCNC2=NC1. The van der Waals surface area contributed by atoms with Crippen molar-refractivity contribution in [3.63, 3.8) is 0 Å². The molecule has 0 aromatic carbocycles. The number of aliphatic imine (C=N–C) groups is 2. The molecule has 4 nitrogen and oxygen atoms in total. The lowest BCUT2D eigenvalue weighted by atomic mass is 10.2. The van der Waals surface area contributed by atoms with E-state index in [1.165, 1.54) is 0 Å². The zero-order valence-electron chi connectivity index (χ0n) is 5.67. The second-order valence-electron chi connectivity index (χ2n) is 2.38. The molecule has 4 heteroatoms. The third-order valence-electron chi connectivity index (χ3n) is 1.68. The fourth-order valence-corrected chi connectivity index (χ4v) is 1.17. The van der Waals surface area contributed by atoms with Crippen LogP contribution in [0.4, 0.5) is 0 Å². The largest absolute Gasteiger partial charge is 0.359 e. The molecule has 2 aliphatic heterocycles. The first kappa shape index (κ1) is 5.85. The molecule has 1 saturated heterocycles. The van der Waals surface area contributed by atoms with Crippen LogP contribution in [0.1, 0.15) is 0 Å². The Hall–Kier alpha value is -0.900. The van der Waals surface area contributed by atoms with Gasteiger partial charge in [0.2, 0.25) is 0 Å². The van der Waals surface area contributed by atoms with Gasteiger partial charge in [0.1, 0.15) is 11.9 Å². The van der Waals surface area contributed by atoms with Crippen LogP contribution in [0.15, 0.2) is 9.98 Å². The molecule has 1 fully saturated rings. The van der Waals surface area contributed by atoms with Crippen molar-refractivity contribution in [1.82, 2.24) is 10.6 Å². The van der Waals surface area contributed by atoms with Gasteiger partial charge in [-0.3, -0.25) is 15.3 Å². The van der Waals surface area contributed by atoms with Gasteiger partial charge < -0.3 is 5.32 Å². The molecule has 10 heavy (non-hydrogen) atoms. The normalized spacial score (nSPS) is 30.4. The summed E-state index contributed by atoms with van der Waals surface area (Å²) in [6.45, 7) is 2.48. The Morgan fingerprint density at radius 3 is 3.50 bits per heavy atom. The molecule has 0 bridgehead atoms. The molecule has 2 N–H and O–H groups in total. The second-order valence-corrected chi connectivity index (χ2v) is 2.38. The summed E-state index contributed by atoms with van der Waals surface area (Å²) >= 11 is 0. The maximum absolute atomic E-state index is 4.27. The van der Waals surface area contributed by atoms with Gasteiger partial charge in [-0.15, -0.1) is 0 Å². The Morgan fingerprint density at radius 2 is 2.60 bits per heavy atom. The van der Waals surface area contributed by atoms with Gasteiger partial charge >= 0.3 is 0 Å². The van der Waals surface area contributed by atoms with Crippen molar-refractivity contribution in [2.24, 2.45) is 9.98 Å². The smallest absolute Gasteiger partial charge is 0.124 e. The lowest BCUT2D eigenvalue weighted by Crippen LogP contribution is -2.51. The summed E-state index contributed by atoms with van der Waals surface area (Å²) in [7, 11) is 0. The van der Waals surface area contributed by atoms with Gasteiger partial charge in [-0.2, -0.15) is 0 Å². The molecule has 0 radical (unpaired) electrons. The van der Waals surface area contributed by atoms with Gasteiger partial charge in [0.15, 0.2) is 0 Å². The van der Waals surface area contributed by atoms with Crippen molar-refractivity contribution in [1.29, 1.82) is 0 Å². The lowest BCUT2D eigenvalue weighted by Gasteiger charge is -2.25. The predicted molar refractivity (Wildman–Crippen MR) is 40.6 cm³/mol. The summed E-state index contributed by atoms with van der Waals surface area (Å²) in [5, 5.41) is 6.32. The van der Waals surface area contributed by atoms with Crippen LogP contribution < -0.4 is 10.6 Å². The highest BCUT2D eigenvalue weighted by Crippen LogP contribution is 1.98. The first-order chi connectivity index (χ1) is 4.97. The van der Waals surface area contributed by atoms with Gasteiger partial charge in [0.05, 0.1) is 13.2 Å². The van der Waals surface area contributed by atoms with Gasteiger partial charge in [0, 0.05) is 12.8 Å². The van der Waals surface area contributed by atoms with Crippen molar-refractivity contribution < 1.29 is 0 Å². The van der Waals surface area contributed by atoms with Crippen LogP contribution in [-0.4, -0.2) is 37.9 Å². The summed E-state index contributed by atoms with van der Waals surface area (Å²) in [6.07, 6.45) is 1.86. The number of amidine groups is 1. The molecule has 0 amide bonds. The molecular weight excluding hydrogens is 128 g/mol. The number of nitrogens with zero attached hydrogens (tertiary/aromatic N) is 2. The summed E-state index contributed by atoms with van der Waals surface area (Å²) in [5.74, 6) is 1.04. The van der Waals surface area contributed by atoms with Crippen LogP contribution in [0.3, 0.4) is 0 Å². The van der Waals surface area contributed by atoms with E-state index in [1.807, 2.05) is 6.21 Å². The molecule has 2 rings (SSSR count). The highest BCUT2D eigenvalue weighted by Gasteiger charge is 2.18. The van der Waals surface area contributed by atoms with Crippen LogP contribution in [0.2, 0.25) is 0 Å². The fourth-order valence-electron chi connectivity index (χ4n) is 1.17. The third kappa shape index (κ3) is 0.903. The van der Waals surface area contributed by atoms with Crippen molar-refractivity contribution in [2.45, 2.75) is 6.04 Å². The highest BCUT2D eigenvalue weighted by atomic mass is 15.2. The second kappa shape index (κ2) is 2.38. The zero-order valence-corrected chi connectivity index (χ0v) is 5.67. The van der Waals surface area contributed by atoms with Crippen LogP contribution in [0.25, 0.3) is 0 Å². The first-order valence-electron chi connectivity index (χ1n) is 3.47. The Kier molecular flexibility index (Phi) is 1.39. The monoisotopic (exact) mass is 138 g/mol. The number of fused-ring (bicyclic) bond motifs is 1. The van der Waals surface area contributed by atoms with E-state index in [9.17, 15) is 0 Å². The van der Waals surface area contributed by atoms with Crippen molar-refractivity contribution in [3.8, 4) is 0 Å². The van der Waals surface area contributed by atoms with Crippen LogP contribution >= 0.6 is 0 Å². The lowest BCUT2D eigenvalue weighted by molar-refractivity contribution is 0.577. The van der Waals surface area contributed by atoms with Crippen molar-refractivity contribution in [3.05, 3.63) is 0 Å². The Labute approximate surface area is 59.4 Å². The van der Waals surface area contributed by atoms with Crippen LogP contribution in [-0.2, 0) is 0 Å². The van der Waals surface area contributed by atoms with Gasteiger partial charge in [0.25, 0.3) is 0 Å². The summed E-state index contributed by atoms with van der Waals surface area (Å²) in [6, 6.07) is 0.252. The van der Waals surface area contributed by atoms with Gasteiger partial charge in [-0.05, 0) is 0 Å². The predicted octanol–water partition coefficient (Wildman–Crippen LogP) is -1.01. The average molecular weight is 138 g/mol. The minimum atomic E-state index is 0.252. The quantitative estimate of drug-likeness (QED) is 0.450. The van der Waals surface area contributed by atoms with Crippen molar-refractivity contribution >= 4 is 12.1 Å². The molecule has 0 aliphatic carbocycles. The molecule has 1 unspecified atom stereocenters. The van der Waals surface area contributed by atoms with E-state index in [1.54, 1.807) is 0 Å². The Balaban J connectivity index is 2.13. The Morgan fingerprint density at radius 1 is 1.60 bits per heavy atom. The molecule has 54 valence electrons. The Bertz CT molecular complexity index is 184. The number of nitrogens with one attached hydrogen (secondary N) is 2. The van der Waals surface area contributed by atoms with Crippen LogP contribution in [0.5, 0.6) is 0 Å². The molecular formula is C6H10N4. The molecule has 0 aromatic heterocycles. The van der Waals surface area contributed by atoms with E-state index in [0.29, 0.717) is 0 Å². The van der Waals surface area contributed by atoms with E-state index >= 15 is 0 Å². The summed E-state index contributed by atoms with van der Waals surface area (Å²) in [4.78, 5) is 8.54. The number of hydrogen-bond donors (Lipinski definition) is 2. The molecule has 0 aromatic rings. The molecule has 2 heterocycles. The molecule has 1 atom stereocenters. The van der Waals surface area contributed by atoms with Crippen LogP contribution in [0, 0.1) is 0 Å². The average Bonchev–Trinajstić information content (AvgIpc) is 2.05. The maximum Gasteiger partial charge on any atom is 0.124 e. The van der Waals surface area contributed by atoms with E-state index in [-0.39, 0.29) is 6.04 Å². The molecule has 0 saturated carbocycles. The fraction of sp³-hybridized carbons (Fsp3) is 0.667. The van der Waals surface area contributed by atoms with E-state index in [2.05, 4.69) is 20.6 Å². The van der Waals surface area contributed by atoms with Gasteiger partial charge in [-0.1, -0.05) is 0 Å². The van der Waals surface area contributed by atoms with Crippen molar-refractivity contribution in [2.75, 3.05) is 19.8 Å². The summed E-state index contributed by atoms with van der Waals surface area (Å²) in [5.41, 5.74) is 0. The third-order valence-corrected chi connectivity index (χ3v) is 1.68. The zero-order chi connectivity index (χ0) is 6.81. The van der Waals surface area contributed by atoms with Gasteiger partial charge in [-0.25, -0.2) is 0 Å². The summed E-state index contributed by atoms with van der Waals surface area (Å²) < 4.78 is 0. The minimum absolute atomic E-state index is 0.252. The molecule has 0 spiro atoms. The standard InChI is InChI=1S/C6H10N4/c1-2-9-6-5(8-1)3-7-4-10-6/h1,5,7H,2-4H2,(H,9,10). The molecule has 2 aliphatic rings. The number of hydrogen-bond acceptors (Lipinski definition) is 4. The first-order valence-corrected chi connectivity index (χ1v) is 3.47. The number of rotatable bonds is 0. The highest BCUT2D eigenvalue weighted by molar-refractivity contribution is 5.92. The van der Waals surface area contributed by atoms with E-state index in [4.69, 9.17) is 0 Å². The van der Waals surface area contributed by atoms with E-state index < -0.39 is 0 Å². The maximum atomic E-state index is 4.27.